The SMILES string of the molecule is CC.CNC1CNCC(F)C1. The Morgan fingerprint density at radius 3 is 2.36 bits per heavy atom. The minimum Gasteiger partial charge on any atom is -0.316 e. The highest BCUT2D eigenvalue weighted by atomic mass is 19.1. The summed E-state index contributed by atoms with van der Waals surface area (Å²) in [5.74, 6) is 0. The highest BCUT2D eigenvalue weighted by Gasteiger charge is 2.18. The van der Waals surface area contributed by atoms with Crippen LogP contribution in [0.25, 0.3) is 0 Å². The Kier molecular flexibility index (Phi) is 6.46. The Labute approximate surface area is 68.6 Å². The van der Waals surface area contributed by atoms with Crippen molar-refractivity contribution in [3.05, 3.63) is 0 Å². The molecular formula is C8H19FN2. The third kappa shape index (κ3) is 4.32. The van der Waals surface area contributed by atoms with Crippen molar-refractivity contribution in [1.82, 2.24) is 10.6 Å². The number of rotatable bonds is 1. The molecule has 1 rings (SSSR count). The lowest BCUT2D eigenvalue weighted by Crippen LogP contribution is -2.46. The van der Waals surface area contributed by atoms with E-state index in [0.29, 0.717) is 19.0 Å². The summed E-state index contributed by atoms with van der Waals surface area (Å²) in [6, 6.07) is 0.328. The molecule has 0 bridgehead atoms. The molecule has 1 aliphatic rings. The van der Waals surface area contributed by atoms with Crippen molar-refractivity contribution in [2.75, 3.05) is 20.1 Å². The second-order valence-electron chi connectivity index (χ2n) is 2.48. The van der Waals surface area contributed by atoms with Gasteiger partial charge in [-0.25, -0.2) is 4.39 Å². The molecule has 1 aliphatic heterocycles. The zero-order valence-corrected chi connectivity index (χ0v) is 7.65. The van der Waals surface area contributed by atoms with Crippen molar-refractivity contribution in [1.29, 1.82) is 0 Å². The van der Waals surface area contributed by atoms with E-state index < -0.39 is 6.17 Å². The molecule has 1 fully saturated rings. The molecule has 1 saturated heterocycles. The maximum absolute atomic E-state index is 12.5. The number of likely N-dealkylation sites (N-methyl/N-ethyl adjacent to an activating group) is 1. The molecule has 1 heterocycles. The van der Waals surface area contributed by atoms with Crippen molar-refractivity contribution in [3.63, 3.8) is 0 Å². The molecule has 0 spiro atoms. The van der Waals surface area contributed by atoms with Crippen LogP contribution in [0.15, 0.2) is 0 Å². The number of halogens is 1. The first-order chi connectivity index (χ1) is 5.33. The average molecular weight is 162 g/mol. The summed E-state index contributed by atoms with van der Waals surface area (Å²) >= 11 is 0. The summed E-state index contributed by atoms with van der Waals surface area (Å²) in [4.78, 5) is 0. The van der Waals surface area contributed by atoms with Crippen LogP contribution >= 0.6 is 0 Å². The van der Waals surface area contributed by atoms with Crippen LogP contribution in [-0.2, 0) is 0 Å². The Morgan fingerprint density at radius 1 is 1.36 bits per heavy atom. The van der Waals surface area contributed by atoms with Crippen molar-refractivity contribution < 1.29 is 4.39 Å². The van der Waals surface area contributed by atoms with E-state index in [1.54, 1.807) is 0 Å². The first-order valence-electron chi connectivity index (χ1n) is 4.35. The standard InChI is InChI=1S/C6H13FN2.C2H6/c1-8-6-2-5(7)3-9-4-6;1-2/h5-6,8-9H,2-4H2,1H3;1-2H3. The van der Waals surface area contributed by atoms with Gasteiger partial charge in [0.1, 0.15) is 6.17 Å². The second-order valence-corrected chi connectivity index (χ2v) is 2.48. The average Bonchev–Trinajstić information content (AvgIpc) is 2.08. The van der Waals surface area contributed by atoms with Gasteiger partial charge in [0.25, 0.3) is 0 Å². The maximum Gasteiger partial charge on any atom is 0.114 e. The van der Waals surface area contributed by atoms with Crippen LogP contribution in [0.2, 0.25) is 0 Å². The molecule has 0 radical (unpaired) electrons. The summed E-state index contributed by atoms with van der Waals surface area (Å²) in [6.45, 7) is 5.43. The van der Waals surface area contributed by atoms with Crippen LogP contribution in [0.3, 0.4) is 0 Å². The van der Waals surface area contributed by atoms with Crippen LogP contribution in [0.1, 0.15) is 20.3 Å². The number of nitrogens with one attached hydrogen (secondary N) is 2. The van der Waals surface area contributed by atoms with E-state index in [1.165, 1.54) is 0 Å². The van der Waals surface area contributed by atoms with Gasteiger partial charge in [-0.2, -0.15) is 0 Å². The number of alkyl halides is 1. The van der Waals surface area contributed by atoms with Gasteiger partial charge in [-0.05, 0) is 13.5 Å². The number of hydrogen-bond donors (Lipinski definition) is 2. The van der Waals surface area contributed by atoms with Gasteiger partial charge in [0.05, 0.1) is 0 Å². The highest BCUT2D eigenvalue weighted by molar-refractivity contribution is 4.79. The molecule has 3 heteroatoms. The Bertz CT molecular complexity index is 88.2. The summed E-state index contributed by atoms with van der Waals surface area (Å²) in [6.07, 6.45) is -0.0000463. The van der Waals surface area contributed by atoms with Crippen LogP contribution in [0.5, 0.6) is 0 Å². The van der Waals surface area contributed by atoms with Gasteiger partial charge in [0, 0.05) is 19.1 Å². The van der Waals surface area contributed by atoms with Gasteiger partial charge in [-0.1, -0.05) is 13.8 Å². The van der Waals surface area contributed by atoms with Crippen LogP contribution in [-0.4, -0.2) is 32.4 Å². The molecule has 2 nitrogen and oxygen atoms in total. The lowest BCUT2D eigenvalue weighted by atomic mass is 10.1. The van der Waals surface area contributed by atoms with Gasteiger partial charge >= 0.3 is 0 Å². The minimum absolute atomic E-state index is 0.328. The van der Waals surface area contributed by atoms with Crippen LogP contribution in [0.4, 0.5) is 4.39 Å². The molecule has 11 heavy (non-hydrogen) atoms. The van der Waals surface area contributed by atoms with E-state index in [4.69, 9.17) is 0 Å². The third-order valence-corrected chi connectivity index (χ3v) is 1.71. The zero-order chi connectivity index (χ0) is 8.69. The van der Waals surface area contributed by atoms with E-state index in [-0.39, 0.29) is 0 Å². The van der Waals surface area contributed by atoms with Crippen molar-refractivity contribution in [3.8, 4) is 0 Å². The van der Waals surface area contributed by atoms with E-state index in [2.05, 4.69) is 10.6 Å². The second kappa shape index (κ2) is 6.55. The predicted molar refractivity (Wildman–Crippen MR) is 46.6 cm³/mol. The summed E-state index contributed by atoms with van der Waals surface area (Å²) in [5.41, 5.74) is 0. The monoisotopic (exact) mass is 162 g/mol. The molecule has 0 aromatic rings. The van der Waals surface area contributed by atoms with E-state index >= 15 is 0 Å². The summed E-state index contributed by atoms with van der Waals surface area (Å²) in [5, 5.41) is 6.03. The largest absolute Gasteiger partial charge is 0.316 e. The topological polar surface area (TPSA) is 24.1 Å². The molecule has 2 atom stereocenters. The van der Waals surface area contributed by atoms with Crippen LogP contribution < -0.4 is 10.6 Å². The van der Waals surface area contributed by atoms with Gasteiger partial charge in [-0.3, -0.25) is 0 Å². The Hall–Kier alpha value is -0.150. The summed E-state index contributed by atoms with van der Waals surface area (Å²) < 4.78 is 12.5. The maximum atomic E-state index is 12.5. The van der Waals surface area contributed by atoms with Crippen LogP contribution in [0, 0.1) is 0 Å². The lowest BCUT2D eigenvalue weighted by Gasteiger charge is -2.24. The van der Waals surface area contributed by atoms with Gasteiger partial charge in [0.15, 0.2) is 0 Å². The summed E-state index contributed by atoms with van der Waals surface area (Å²) in [7, 11) is 1.87. The fourth-order valence-corrected chi connectivity index (χ4v) is 1.11. The van der Waals surface area contributed by atoms with Crippen molar-refractivity contribution in [2.24, 2.45) is 0 Å². The van der Waals surface area contributed by atoms with Gasteiger partial charge < -0.3 is 10.6 Å². The molecule has 0 saturated carbocycles. The quantitative estimate of drug-likeness (QED) is 0.599. The van der Waals surface area contributed by atoms with Gasteiger partial charge in [-0.15, -0.1) is 0 Å². The fourth-order valence-electron chi connectivity index (χ4n) is 1.11. The molecule has 0 aliphatic carbocycles. The third-order valence-electron chi connectivity index (χ3n) is 1.71. The number of hydrogen-bond acceptors (Lipinski definition) is 2. The normalized spacial score (nSPS) is 30.5. The molecule has 0 amide bonds. The first-order valence-corrected chi connectivity index (χ1v) is 4.35. The Balaban J connectivity index is 0.000000461. The smallest absolute Gasteiger partial charge is 0.114 e. The van der Waals surface area contributed by atoms with E-state index in [9.17, 15) is 4.39 Å². The lowest BCUT2D eigenvalue weighted by molar-refractivity contribution is 0.234. The molecule has 0 aromatic heterocycles. The van der Waals surface area contributed by atoms with Gasteiger partial charge in [0.2, 0.25) is 0 Å². The molecule has 0 aromatic carbocycles. The first kappa shape index (κ1) is 10.8. The van der Waals surface area contributed by atoms with Crippen molar-refractivity contribution in [2.45, 2.75) is 32.5 Å². The highest BCUT2D eigenvalue weighted by Crippen LogP contribution is 2.05. The molecule has 2 unspecified atom stereocenters. The van der Waals surface area contributed by atoms with E-state index in [0.717, 1.165) is 6.54 Å². The molecule has 2 N–H and O–H groups in total. The Morgan fingerprint density at radius 2 is 2.00 bits per heavy atom. The molecule has 68 valence electrons. The fraction of sp³-hybridized carbons (Fsp3) is 1.00. The minimum atomic E-state index is -0.656. The zero-order valence-electron chi connectivity index (χ0n) is 7.65. The van der Waals surface area contributed by atoms with E-state index in [1.807, 2.05) is 20.9 Å². The predicted octanol–water partition coefficient (Wildman–Crippen LogP) is 0.932. The number of piperidine rings is 1. The van der Waals surface area contributed by atoms with Crippen molar-refractivity contribution >= 4 is 0 Å². The molecular weight excluding hydrogens is 143 g/mol.